The molecule has 0 atom stereocenters. The van der Waals surface area contributed by atoms with Gasteiger partial charge in [0, 0.05) is 11.3 Å². The summed E-state index contributed by atoms with van der Waals surface area (Å²) < 4.78 is 5.28. The van der Waals surface area contributed by atoms with E-state index in [9.17, 15) is 0 Å². The Labute approximate surface area is 107 Å². The molecular formula is C13H20N2OS. The zero-order valence-electron chi connectivity index (χ0n) is 10.9. The fraction of sp³-hybridized carbons (Fsp3) is 0.462. The number of aliphatic imine (C=N–C) groups is 1. The summed E-state index contributed by atoms with van der Waals surface area (Å²) in [6, 6.07) is 7.94. The second-order valence-electron chi connectivity index (χ2n) is 4.72. The lowest BCUT2D eigenvalue weighted by Gasteiger charge is -2.13. The highest BCUT2D eigenvalue weighted by atomic mass is 32.2. The van der Waals surface area contributed by atoms with Crippen LogP contribution in [0.1, 0.15) is 26.3 Å². The molecule has 0 unspecified atom stereocenters. The molecule has 0 aliphatic rings. The van der Waals surface area contributed by atoms with Crippen LogP contribution in [0.25, 0.3) is 0 Å². The summed E-state index contributed by atoms with van der Waals surface area (Å²) in [7, 11) is 1.68. The number of hydrogen-bond donors (Lipinski definition) is 1. The van der Waals surface area contributed by atoms with Crippen molar-refractivity contribution in [2.24, 2.45) is 10.7 Å². The largest absolute Gasteiger partial charge is 0.496 e. The lowest BCUT2D eigenvalue weighted by atomic mass is 10.1. The number of methoxy groups -OCH3 is 1. The number of para-hydroxylation sites is 1. The highest BCUT2D eigenvalue weighted by Crippen LogP contribution is 2.23. The second kappa shape index (κ2) is 5.96. The molecule has 0 aliphatic carbocycles. The molecule has 0 aromatic heterocycles. The van der Waals surface area contributed by atoms with E-state index in [1.54, 1.807) is 7.11 Å². The van der Waals surface area contributed by atoms with Crippen LogP contribution in [0.2, 0.25) is 0 Å². The summed E-state index contributed by atoms with van der Waals surface area (Å²) in [5.41, 5.74) is 6.88. The first-order chi connectivity index (χ1) is 7.92. The molecule has 0 aliphatic heterocycles. The van der Waals surface area contributed by atoms with Gasteiger partial charge in [-0.05, 0) is 26.8 Å². The predicted molar refractivity (Wildman–Crippen MR) is 75.7 cm³/mol. The van der Waals surface area contributed by atoms with E-state index in [4.69, 9.17) is 10.5 Å². The van der Waals surface area contributed by atoms with Gasteiger partial charge in [0.05, 0.1) is 12.6 Å². The first-order valence-electron chi connectivity index (χ1n) is 5.52. The minimum Gasteiger partial charge on any atom is -0.496 e. The molecule has 4 heteroatoms. The van der Waals surface area contributed by atoms with Crippen molar-refractivity contribution in [3.8, 4) is 5.75 Å². The third-order valence-corrected chi connectivity index (χ3v) is 2.86. The van der Waals surface area contributed by atoms with E-state index in [2.05, 4.69) is 4.99 Å². The number of nitrogens with zero attached hydrogens (tertiary/aromatic N) is 1. The first-order valence-corrected chi connectivity index (χ1v) is 6.51. The summed E-state index contributed by atoms with van der Waals surface area (Å²) in [5.74, 6) is 1.67. The van der Waals surface area contributed by atoms with Crippen LogP contribution >= 0.6 is 11.8 Å². The van der Waals surface area contributed by atoms with Gasteiger partial charge in [-0.2, -0.15) is 0 Å². The lowest BCUT2D eigenvalue weighted by molar-refractivity contribution is 0.411. The van der Waals surface area contributed by atoms with Crippen LogP contribution in [0.5, 0.6) is 5.75 Å². The monoisotopic (exact) mass is 252 g/mol. The fourth-order valence-corrected chi connectivity index (χ4v) is 2.22. The number of hydrogen-bond acceptors (Lipinski definition) is 3. The summed E-state index contributed by atoms with van der Waals surface area (Å²) in [6.45, 7) is 6.09. The van der Waals surface area contributed by atoms with Gasteiger partial charge in [-0.3, -0.25) is 4.99 Å². The molecular weight excluding hydrogens is 232 g/mol. The van der Waals surface area contributed by atoms with Crippen molar-refractivity contribution in [3.05, 3.63) is 29.8 Å². The third kappa shape index (κ3) is 5.13. The van der Waals surface area contributed by atoms with Crippen molar-refractivity contribution < 1.29 is 4.74 Å². The van der Waals surface area contributed by atoms with E-state index < -0.39 is 0 Å². The lowest BCUT2D eigenvalue weighted by Crippen LogP contribution is -2.17. The number of amidine groups is 1. The van der Waals surface area contributed by atoms with E-state index >= 15 is 0 Å². The topological polar surface area (TPSA) is 47.6 Å². The van der Waals surface area contributed by atoms with Gasteiger partial charge in [-0.25, -0.2) is 0 Å². The maximum Gasteiger partial charge on any atom is 0.154 e. The van der Waals surface area contributed by atoms with Gasteiger partial charge in [0.25, 0.3) is 0 Å². The molecule has 0 bridgehead atoms. The standard InChI is InChI=1S/C13H20N2OS/c1-13(2,3)15-12(14)17-9-10-7-5-6-8-11(10)16-4/h5-8H,9H2,1-4H3,(H2,14,15). The van der Waals surface area contributed by atoms with Crippen LogP contribution in [0.15, 0.2) is 29.3 Å². The Morgan fingerprint density at radius 3 is 2.59 bits per heavy atom. The molecule has 17 heavy (non-hydrogen) atoms. The van der Waals surface area contributed by atoms with Crippen LogP contribution in [-0.2, 0) is 5.75 Å². The summed E-state index contributed by atoms with van der Waals surface area (Å²) >= 11 is 1.53. The Bertz CT molecular complexity index is 397. The molecule has 0 heterocycles. The van der Waals surface area contributed by atoms with Gasteiger partial charge in [-0.15, -0.1) is 0 Å². The van der Waals surface area contributed by atoms with Crippen LogP contribution in [0.4, 0.5) is 0 Å². The Morgan fingerprint density at radius 2 is 2.00 bits per heavy atom. The quantitative estimate of drug-likeness (QED) is 0.664. The van der Waals surface area contributed by atoms with Gasteiger partial charge < -0.3 is 10.5 Å². The molecule has 0 radical (unpaired) electrons. The van der Waals surface area contributed by atoms with Gasteiger partial charge in [0.1, 0.15) is 5.75 Å². The molecule has 94 valence electrons. The molecule has 1 aromatic carbocycles. The maximum absolute atomic E-state index is 5.87. The van der Waals surface area contributed by atoms with Gasteiger partial charge >= 0.3 is 0 Å². The molecule has 0 fully saturated rings. The van der Waals surface area contributed by atoms with Crippen LogP contribution in [0, 0.1) is 0 Å². The number of nitrogens with two attached hydrogens (primary N) is 1. The van der Waals surface area contributed by atoms with Gasteiger partial charge in [0.2, 0.25) is 0 Å². The smallest absolute Gasteiger partial charge is 0.154 e. The van der Waals surface area contributed by atoms with Crippen LogP contribution in [-0.4, -0.2) is 17.8 Å². The number of ether oxygens (including phenoxy) is 1. The van der Waals surface area contributed by atoms with E-state index in [0.717, 1.165) is 17.1 Å². The van der Waals surface area contributed by atoms with Gasteiger partial charge in [-0.1, -0.05) is 30.0 Å². The fourth-order valence-electron chi connectivity index (χ4n) is 1.34. The second-order valence-corrected chi connectivity index (χ2v) is 5.72. The summed E-state index contributed by atoms with van der Waals surface area (Å²) in [4.78, 5) is 4.40. The number of thioether (sulfide) groups is 1. The van der Waals surface area contributed by atoms with Crippen molar-refractivity contribution in [2.45, 2.75) is 32.1 Å². The highest BCUT2D eigenvalue weighted by molar-refractivity contribution is 8.13. The molecule has 0 spiro atoms. The van der Waals surface area contributed by atoms with E-state index in [-0.39, 0.29) is 5.54 Å². The van der Waals surface area contributed by atoms with E-state index in [1.807, 2.05) is 45.0 Å². The zero-order chi connectivity index (χ0) is 12.9. The molecule has 0 saturated carbocycles. The molecule has 2 N–H and O–H groups in total. The average molecular weight is 252 g/mol. The van der Waals surface area contributed by atoms with Crippen molar-refractivity contribution in [1.29, 1.82) is 0 Å². The number of rotatable bonds is 3. The summed E-state index contributed by atoms with van der Waals surface area (Å²) in [5, 5.41) is 0.614. The number of benzene rings is 1. The van der Waals surface area contributed by atoms with Crippen LogP contribution < -0.4 is 10.5 Å². The SMILES string of the molecule is COc1ccccc1CSC(N)=NC(C)(C)C. The van der Waals surface area contributed by atoms with Gasteiger partial charge in [0.15, 0.2) is 5.17 Å². The predicted octanol–water partition coefficient (Wildman–Crippen LogP) is 3.04. The Kier molecular flexibility index (Phi) is 4.87. The third-order valence-electron chi connectivity index (χ3n) is 2.01. The van der Waals surface area contributed by atoms with Crippen molar-refractivity contribution in [3.63, 3.8) is 0 Å². The molecule has 0 saturated heterocycles. The molecule has 0 amide bonds. The first kappa shape index (κ1) is 13.9. The van der Waals surface area contributed by atoms with E-state index in [0.29, 0.717) is 5.17 Å². The van der Waals surface area contributed by atoms with Crippen molar-refractivity contribution in [2.75, 3.05) is 7.11 Å². The average Bonchev–Trinajstić information content (AvgIpc) is 2.24. The van der Waals surface area contributed by atoms with Crippen LogP contribution in [0.3, 0.4) is 0 Å². The van der Waals surface area contributed by atoms with Crippen molar-refractivity contribution in [1.82, 2.24) is 0 Å². The summed E-state index contributed by atoms with van der Waals surface area (Å²) in [6.07, 6.45) is 0. The molecule has 1 rings (SSSR count). The Balaban J connectivity index is 2.65. The molecule has 3 nitrogen and oxygen atoms in total. The minimum absolute atomic E-state index is 0.127. The normalized spacial score (nSPS) is 12.6. The Hall–Kier alpha value is -1.16. The highest BCUT2D eigenvalue weighted by Gasteiger charge is 2.09. The Morgan fingerprint density at radius 1 is 1.35 bits per heavy atom. The molecule has 1 aromatic rings. The minimum atomic E-state index is -0.127. The van der Waals surface area contributed by atoms with E-state index in [1.165, 1.54) is 11.8 Å². The van der Waals surface area contributed by atoms with Crippen molar-refractivity contribution >= 4 is 16.9 Å². The zero-order valence-corrected chi connectivity index (χ0v) is 11.7. The maximum atomic E-state index is 5.87.